The van der Waals surface area contributed by atoms with Gasteiger partial charge in [0.05, 0.1) is 0 Å². The quantitative estimate of drug-likeness (QED) is 0.830. The molecule has 0 spiro atoms. The first-order valence-corrected chi connectivity index (χ1v) is 6.60. The Kier molecular flexibility index (Phi) is 4.50. The number of Topliss-reactive ketones (excluding diaryl/α,β-unsaturated/α-hetero) is 1. The number of carbonyl (C=O) groups is 1. The smallest absolute Gasteiger partial charge is 0.167 e. The Bertz CT molecular complexity index is 417. The average molecular weight is 247 g/mol. The Hall–Kier alpha value is -1.19. The minimum absolute atomic E-state index is 0.0520. The zero-order valence-corrected chi connectivity index (χ0v) is 10.9. The summed E-state index contributed by atoms with van der Waals surface area (Å²) in [5.74, 6) is 0.163. The summed E-state index contributed by atoms with van der Waals surface area (Å²) in [7, 11) is 1.66. The number of methoxy groups -OCH3 is 1. The van der Waals surface area contributed by atoms with Crippen LogP contribution in [0.3, 0.4) is 0 Å². The first kappa shape index (κ1) is 13.2. The van der Waals surface area contributed by atoms with Crippen molar-refractivity contribution in [3.8, 4) is 0 Å². The topological polar surface area (TPSA) is 52.3 Å². The van der Waals surface area contributed by atoms with Crippen molar-refractivity contribution in [1.29, 1.82) is 0 Å². The third-order valence-electron chi connectivity index (χ3n) is 3.75. The molecule has 2 unspecified atom stereocenters. The Morgan fingerprint density at radius 2 is 2.22 bits per heavy atom. The molecule has 2 rings (SSSR count). The minimum atomic E-state index is -0.0939. The molecule has 0 saturated carbocycles. The van der Waals surface area contributed by atoms with E-state index in [4.69, 9.17) is 10.5 Å². The number of benzene rings is 1. The van der Waals surface area contributed by atoms with Gasteiger partial charge in [0, 0.05) is 31.2 Å². The third kappa shape index (κ3) is 2.79. The summed E-state index contributed by atoms with van der Waals surface area (Å²) >= 11 is 0. The van der Waals surface area contributed by atoms with Crippen molar-refractivity contribution in [2.75, 3.05) is 13.7 Å². The molecule has 1 aromatic rings. The predicted molar refractivity (Wildman–Crippen MR) is 71.7 cm³/mol. The van der Waals surface area contributed by atoms with Crippen molar-refractivity contribution in [1.82, 2.24) is 0 Å². The van der Waals surface area contributed by atoms with Crippen LogP contribution in [0.15, 0.2) is 24.3 Å². The molecule has 3 nitrogen and oxygen atoms in total. The van der Waals surface area contributed by atoms with Gasteiger partial charge in [0.15, 0.2) is 5.78 Å². The van der Waals surface area contributed by atoms with Crippen LogP contribution in [-0.2, 0) is 11.2 Å². The lowest BCUT2D eigenvalue weighted by atomic mass is 9.87. The number of carbonyl (C=O) groups excluding carboxylic acids is 1. The first-order valence-electron chi connectivity index (χ1n) is 6.60. The van der Waals surface area contributed by atoms with Gasteiger partial charge in [-0.15, -0.1) is 0 Å². The highest BCUT2D eigenvalue weighted by Crippen LogP contribution is 2.26. The zero-order valence-electron chi connectivity index (χ0n) is 10.9. The van der Waals surface area contributed by atoms with Gasteiger partial charge in [0.25, 0.3) is 0 Å². The molecule has 0 bridgehead atoms. The Balaban J connectivity index is 2.17. The fraction of sp³-hybridized carbons (Fsp3) is 0.533. The Morgan fingerprint density at radius 3 is 3.00 bits per heavy atom. The van der Waals surface area contributed by atoms with Crippen LogP contribution in [0, 0.1) is 5.92 Å². The number of ether oxygens (including phenoxy) is 1. The molecule has 1 aliphatic carbocycles. The largest absolute Gasteiger partial charge is 0.385 e. The summed E-state index contributed by atoms with van der Waals surface area (Å²) in [6.07, 6.45) is 3.65. The van der Waals surface area contributed by atoms with E-state index in [0.29, 0.717) is 6.61 Å². The van der Waals surface area contributed by atoms with E-state index in [2.05, 4.69) is 6.07 Å². The molecule has 0 saturated heterocycles. The van der Waals surface area contributed by atoms with E-state index in [1.807, 2.05) is 18.2 Å². The number of rotatable bonds is 4. The molecule has 98 valence electrons. The summed E-state index contributed by atoms with van der Waals surface area (Å²) in [6.45, 7) is 0.618. The second kappa shape index (κ2) is 6.12. The number of hydrogen-bond donors (Lipinski definition) is 1. The van der Waals surface area contributed by atoms with E-state index < -0.39 is 0 Å². The lowest BCUT2D eigenvalue weighted by molar-refractivity contribution is 0.0879. The second-order valence-corrected chi connectivity index (χ2v) is 4.97. The highest BCUT2D eigenvalue weighted by Gasteiger charge is 2.29. The van der Waals surface area contributed by atoms with E-state index in [1.54, 1.807) is 7.11 Å². The summed E-state index contributed by atoms with van der Waals surface area (Å²) in [5, 5.41) is 0. The highest BCUT2D eigenvalue weighted by atomic mass is 16.5. The van der Waals surface area contributed by atoms with Crippen LogP contribution in [-0.4, -0.2) is 25.5 Å². The van der Waals surface area contributed by atoms with Crippen LogP contribution in [0.2, 0.25) is 0 Å². The maximum atomic E-state index is 12.5. The van der Waals surface area contributed by atoms with E-state index >= 15 is 0 Å². The molecule has 0 radical (unpaired) electrons. The molecule has 0 amide bonds. The van der Waals surface area contributed by atoms with E-state index in [1.165, 1.54) is 5.56 Å². The van der Waals surface area contributed by atoms with Gasteiger partial charge in [0.2, 0.25) is 0 Å². The molecule has 18 heavy (non-hydrogen) atoms. The number of hydrogen-bond acceptors (Lipinski definition) is 3. The summed E-state index contributed by atoms with van der Waals surface area (Å²) in [6, 6.07) is 7.82. The van der Waals surface area contributed by atoms with Crippen LogP contribution >= 0.6 is 0 Å². The van der Waals surface area contributed by atoms with E-state index in [9.17, 15) is 4.79 Å². The molecular formula is C15H21NO2. The predicted octanol–water partition coefficient (Wildman–Crippen LogP) is 2.19. The fourth-order valence-corrected chi connectivity index (χ4v) is 2.69. The number of aryl methyl sites for hydroxylation is 1. The molecule has 0 aromatic heterocycles. The number of nitrogens with two attached hydrogens (primary N) is 1. The van der Waals surface area contributed by atoms with E-state index in [-0.39, 0.29) is 17.7 Å². The lowest BCUT2D eigenvalue weighted by Crippen LogP contribution is -2.36. The van der Waals surface area contributed by atoms with Crippen molar-refractivity contribution in [2.45, 2.75) is 31.7 Å². The second-order valence-electron chi connectivity index (χ2n) is 4.97. The summed E-state index contributed by atoms with van der Waals surface area (Å²) in [5.41, 5.74) is 8.19. The normalized spacial score (nSPS) is 21.2. The molecule has 0 fully saturated rings. The molecule has 3 heteroatoms. The molecule has 1 aromatic carbocycles. The Morgan fingerprint density at radius 1 is 1.44 bits per heavy atom. The first-order chi connectivity index (χ1) is 8.74. The summed E-state index contributed by atoms with van der Waals surface area (Å²) in [4.78, 5) is 12.5. The van der Waals surface area contributed by atoms with Crippen LogP contribution < -0.4 is 5.73 Å². The van der Waals surface area contributed by atoms with Crippen molar-refractivity contribution in [3.63, 3.8) is 0 Å². The van der Waals surface area contributed by atoms with Crippen molar-refractivity contribution < 1.29 is 9.53 Å². The maximum Gasteiger partial charge on any atom is 0.167 e. The van der Waals surface area contributed by atoms with Crippen LogP contribution in [0.4, 0.5) is 0 Å². The van der Waals surface area contributed by atoms with Gasteiger partial charge >= 0.3 is 0 Å². The minimum Gasteiger partial charge on any atom is -0.385 e. The fourth-order valence-electron chi connectivity index (χ4n) is 2.69. The van der Waals surface area contributed by atoms with Crippen molar-refractivity contribution in [3.05, 3.63) is 35.4 Å². The van der Waals surface area contributed by atoms with Crippen molar-refractivity contribution >= 4 is 5.78 Å². The van der Waals surface area contributed by atoms with Crippen LogP contribution in [0.25, 0.3) is 0 Å². The standard InChI is InChI=1S/C15H21NO2/c1-18-10-9-14(16)13-8-4-6-11-5-2-3-7-12(11)15(13)17/h2-3,5,7,13-14H,4,6,8-10,16H2,1H3. The Labute approximate surface area is 108 Å². The van der Waals surface area contributed by atoms with Gasteiger partial charge in [0.1, 0.15) is 0 Å². The van der Waals surface area contributed by atoms with Gasteiger partial charge in [-0.05, 0) is 31.2 Å². The molecule has 0 aliphatic heterocycles. The van der Waals surface area contributed by atoms with Gasteiger partial charge in [-0.3, -0.25) is 4.79 Å². The zero-order chi connectivity index (χ0) is 13.0. The van der Waals surface area contributed by atoms with Gasteiger partial charge < -0.3 is 10.5 Å². The SMILES string of the molecule is COCCC(N)C1CCCc2ccccc2C1=O. The third-order valence-corrected chi connectivity index (χ3v) is 3.75. The van der Waals surface area contributed by atoms with Crippen LogP contribution in [0.1, 0.15) is 35.2 Å². The molecular weight excluding hydrogens is 226 g/mol. The number of ketones is 1. The van der Waals surface area contributed by atoms with Crippen LogP contribution in [0.5, 0.6) is 0 Å². The van der Waals surface area contributed by atoms with E-state index in [0.717, 1.165) is 31.2 Å². The van der Waals surface area contributed by atoms with Gasteiger partial charge in [-0.25, -0.2) is 0 Å². The molecule has 0 heterocycles. The molecule has 2 atom stereocenters. The van der Waals surface area contributed by atoms with Crippen molar-refractivity contribution in [2.24, 2.45) is 11.7 Å². The molecule has 2 N–H and O–H groups in total. The number of fused-ring (bicyclic) bond motifs is 1. The molecule has 1 aliphatic rings. The highest BCUT2D eigenvalue weighted by molar-refractivity contribution is 5.99. The maximum absolute atomic E-state index is 12.5. The monoisotopic (exact) mass is 247 g/mol. The summed E-state index contributed by atoms with van der Waals surface area (Å²) < 4.78 is 5.05. The van der Waals surface area contributed by atoms with Gasteiger partial charge in [-0.2, -0.15) is 0 Å². The average Bonchev–Trinajstić information content (AvgIpc) is 2.56. The van der Waals surface area contributed by atoms with Gasteiger partial charge in [-0.1, -0.05) is 24.3 Å². The lowest BCUT2D eigenvalue weighted by Gasteiger charge is -2.21.